The minimum Gasteiger partial charge on any atom is -0.382 e. The fourth-order valence-corrected chi connectivity index (χ4v) is 5.35. The maximum atomic E-state index is 5.44. The summed E-state index contributed by atoms with van der Waals surface area (Å²) in [5.74, 6) is 4.31. The Labute approximate surface area is 152 Å². The molecule has 0 amide bonds. The number of unbranched alkanes of at least 4 members (excludes halogenated alkanes) is 3. The lowest BCUT2D eigenvalue weighted by atomic mass is 9.68. The summed E-state index contributed by atoms with van der Waals surface area (Å²) in [7, 11) is 0. The van der Waals surface area contributed by atoms with Crippen LogP contribution < -0.4 is 0 Å². The first kappa shape index (κ1) is 20.3. The van der Waals surface area contributed by atoms with Gasteiger partial charge in [-0.3, -0.25) is 0 Å². The smallest absolute Gasteiger partial charge is 0.0465 e. The summed E-state index contributed by atoms with van der Waals surface area (Å²) in [6, 6.07) is 0. The van der Waals surface area contributed by atoms with Crippen molar-refractivity contribution < 1.29 is 4.74 Å². The molecule has 0 radical (unpaired) electrons. The van der Waals surface area contributed by atoms with Gasteiger partial charge in [0.25, 0.3) is 0 Å². The summed E-state index contributed by atoms with van der Waals surface area (Å²) in [4.78, 5) is 0. The third kappa shape index (κ3) is 7.46. The molecule has 24 heavy (non-hydrogen) atoms. The van der Waals surface area contributed by atoms with E-state index >= 15 is 0 Å². The molecule has 2 saturated carbocycles. The fraction of sp³-hybridized carbons (Fsp3) is 1.00. The van der Waals surface area contributed by atoms with Gasteiger partial charge in [0.1, 0.15) is 0 Å². The van der Waals surface area contributed by atoms with Gasteiger partial charge in [0.05, 0.1) is 0 Å². The third-order valence-corrected chi connectivity index (χ3v) is 7.02. The molecule has 0 unspecified atom stereocenters. The number of rotatable bonds is 11. The highest BCUT2D eigenvalue weighted by Gasteiger charge is 2.30. The zero-order valence-electron chi connectivity index (χ0n) is 16.7. The highest BCUT2D eigenvalue weighted by Crippen LogP contribution is 2.43. The molecule has 0 atom stereocenters. The van der Waals surface area contributed by atoms with E-state index in [4.69, 9.17) is 4.74 Å². The quantitative estimate of drug-likeness (QED) is 0.357. The average molecular weight is 337 g/mol. The molecular formula is C23H44O. The Hall–Kier alpha value is -0.0400. The molecule has 2 aliphatic carbocycles. The molecule has 0 heterocycles. The molecule has 142 valence electrons. The van der Waals surface area contributed by atoms with Crippen molar-refractivity contribution in [1.82, 2.24) is 0 Å². The van der Waals surface area contributed by atoms with Gasteiger partial charge in [-0.05, 0) is 62.7 Å². The number of hydrogen-bond acceptors (Lipinski definition) is 1. The predicted molar refractivity (Wildman–Crippen MR) is 105 cm³/mol. The summed E-state index contributed by atoms with van der Waals surface area (Å²) >= 11 is 0. The third-order valence-electron chi connectivity index (χ3n) is 7.02. The molecule has 0 aromatic carbocycles. The van der Waals surface area contributed by atoms with Gasteiger partial charge in [-0.15, -0.1) is 0 Å². The summed E-state index contributed by atoms with van der Waals surface area (Å²) in [6.07, 6.45) is 22.3. The maximum Gasteiger partial charge on any atom is 0.0465 e. The lowest BCUT2D eigenvalue weighted by molar-refractivity contribution is 0.135. The van der Waals surface area contributed by atoms with Gasteiger partial charge in [-0.1, -0.05) is 71.1 Å². The van der Waals surface area contributed by atoms with Gasteiger partial charge in [0, 0.05) is 13.2 Å². The Morgan fingerprint density at radius 1 is 0.625 bits per heavy atom. The van der Waals surface area contributed by atoms with Crippen LogP contribution in [0.3, 0.4) is 0 Å². The van der Waals surface area contributed by atoms with Gasteiger partial charge in [-0.25, -0.2) is 0 Å². The van der Waals surface area contributed by atoms with Crippen molar-refractivity contribution in [2.45, 2.75) is 110 Å². The van der Waals surface area contributed by atoms with Gasteiger partial charge in [0.15, 0.2) is 0 Å². The average Bonchev–Trinajstić information content (AvgIpc) is 2.64. The van der Waals surface area contributed by atoms with Crippen LogP contribution in [0.5, 0.6) is 0 Å². The minimum absolute atomic E-state index is 0.879. The molecule has 0 aromatic rings. The van der Waals surface area contributed by atoms with Crippen molar-refractivity contribution in [3.05, 3.63) is 0 Å². The van der Waals surface area contributed by atoms with E-state index < -0.39 is 0 Å². The maximum absolute atomic E-state index is 5.44. The van der Waals surface area contributed by atoms with Gasteiger partial charge in [-0.2, -0.15) is 0 Å². The summed E-state index contributed by atoms with van der Waals surface area (Å²) in [5, 5.41) is 0. The van der Waals surface area contributed by atoms with Crippen molar-refractivity contribution in [2.24, 2.45) is 23.7 Å². The second kappa shape index (κ2) is 12.3. The van der Waals surface area contributed by atoms with E-state index in [1.165, 1.54) is 57.8 Å². The Morgan fingerprint density at radius 2 is 1.17 bits per heavy atom. The molecule has 0 aromatic heterocycles. The minimum atomic E-state index is 0.879. The molecule has 2 rings (SSSR count). The highest BCUT2D eigenvalue weighted by molar-refractivity contribution is 4.82. The van der Waals surface area contributed by atoms with E-state index in [1.807, 2.05) is 0 Å². The van der Waals surface area contributed by atoms with Crippen LogP contribution in [0.1, 0.15) is 110 Å². The van der Waals surface area contributed by atoms with E-state index in [0.29, 0.717) is 0 Å². The first-order valence-electron chi connectivity index (χ1n) is 11.4. The highest BCUT2D eigenvalue weighted by atomic mass is 16.5. The summed E-state index contributed by atoms with van der Waals surface area (Å²) < 4.78 is 5.44. The van der Waals surface area contributed by atoms with E-state index in [0.717, 1.165) is 36.9 Å². The summed E-state index contributed by atoms with van der Waals surface area (Å²) in [6.45, 7) is 6.29. The molecule has 0 aliphatic heterocycles. The Kier molecular flexibility index (Phi) is 10.4. The van der Waals surface area contributed by atoms with Crippen LogP contribution in [0.15, 0.2) is 0 Å². The first-order chi connectivity index (χ1) is 11.8. The van der Waals surface area contributed by atoms with E-state index in [2.05, 4.69) is 13.8 Å². The fourth-order valence-electron chi connectivity index (χ4n) is 5.35. The van der Waals surface area contributed by atoms with Crippen molar-refractivity contribution in [3.63, 3.8) is 0 Å². The van der Waals surface area contributed by atoms with Gasteiger partial charge in [0.2, 0.25) is 0 Å². The molecule has 0 bridgehead atoms. The topological polar surface area (TPSA) is 9.23 Å². The van der Waals surface area contributed by atoms with Crippen molar-refractivity contribution >= 4 is 0 Å². The van der Waals surface area contributed by atoms with Crippen LogP contribution in [-0.4, -0.2) is 13.2 Å². The molecule has 2 fully saturated rings. The van der Waals surface area contributed by atoms with Gasteiger partial charge < -0.3 is 4.74 Å². The number of hydrogen-bond donors (Lipinski definition) is 0. The van der Waals surface area contributed by atoms with Crippen molar-refractivity contribution in [3.8, 4) is 0 Å². The molecule has 0 spiro atoms. The van der Waals surface area contributed by atoms with Crippen LogP contribution in [-0.2, 0) is 4.74 Å². The Balaban J connectivity index is 1.52. The lowest BCUT2D eigenvalue weighted by Crippen LogP contribution is -2.25. The van der Waals surface area contributed by atoms with Crippen LogP contribution in [0.4, 0.5) is 0 Å². The molecular weight excluding hydrogens is 292 g/mol. The van der Waals surface area contributed by atoms with Crippen LogP contribution in [0, 0.1) is 23.7 Å². The van der Waals surface area contributed by atoms with Crippen LogP contribution in [0.25, 0.3) is 0 Å². The van der Waals surface area contributed by atoms with E-state index in [1.54, 1.807) is 38.5 Å². The predicted octanol–water partition coefficient (Wildman–Crippen LogP) is 7.39. The van der Waals surface area contributed by atoms with Crippen molar-refractivity contribution in [2.75, 3.05) is 13.2 Å². The normalized spacial score (nSPS) is 31.2. The standard InChI is InChI=1S/C23H44O/c1-3-5-9-20-11-15-22(16-12-20)23-17-13-21(14-18-23)10-7-6-8-19-24-4-2/h20-23H,3-19H2,1-2H3. The molecule has 1 heteroatoms. The number of ether oxygens (including phenoxy) is 1. The molecule has 0 saturated heterocycles. The van der Waals surface area contributed by atoms with Crippen molar-refractivity contribution in [1.29, 1.82) is 0 Å². The second-order valence-electron chi connectivity index (χ2n) is 8.75. The Morgan fingerprint density at radius 3 is 1.67 bits per heavy atom. The largest absolute Gasteiger partial charge is 0.382 e. The zero-order chi connectivity index (χ0) is 17.0. The van der Waals surface area contributed by atoms with E-state index in [-0.39, 0.29) is 0 Å². The monoisotopic (exact) mass is 336 g/mol. The zero-order valence-corrected chi connectivity index (χ0v) is 16.7. The molecule has 2 aliphatic rings. The summed E-state index contributed by atoms with van der Waals surface area (Å²) in [5.41, 5.74) is 0. The lowest BCUT2D eigenvalue weighted by Gasteiger charge is -2.38. The molecule has 1 nitrogen and oxygen atoms in total. The second-order valence-corrected chi connectivity index (χ2v) is 8.75. The van der Waals surface area contributed by atoms with E-state index in [9.17, 15) is 0 Å². The first-order valence-corrected chi connectivity index (χ1v) is 11.4. The SMILES string of the molecule is CCCCC1CCC(C2CCC(CCCCCOCC)CC2)CC1. The van der Waals surface area contributed by atoms with Crippen LogP contribution in [0.2, 0.25) is 0 Å². The molecule has 0 N–H and O–H groups in total. The van der Waals surface area contributed by atoms with Gasteiger partial charge >= 0.3 is 0 Å². The van der Waals surface area contributed by atoms with Crippen LogP contribution >= 0.6 is 0 Å². The Bertz CT molecular complexity index is 284.